The molecule has 0 fully saturated rings. The minimum atomic E-state index is -3.61. The molecule has 0 atom stereocenters. The summed E-state index contributed by atoms with van der Waals surface area (Å²) in [6.07, 6.45) is 0. The molecular formula is C11H17ClN2O2S. The molecule has 0 spiro atoms. The highest BCUT2D eigenvalue weighted by Gasteiger charge is 2.21. The van der Waals surface area contributed by atoms with Crippen molar-refractivity contribution in [3.63, 3.8) is 0 Å². The van der Waals surface area contributed by atoms with Crippen molar-refractivity contribution in [2.45, 2.75) is 31.2 Å². The summed E-state index contributed by atoms with van der Waals surface area (Å²) in [6, 6.07) is 4.89. The molecule has 0 aliphatic carbocycles. The van der Waals surface area contributed by atoms with Crippen LogP contribution in [-0.4, -0.2) is 20.5 Å². The molecule has 0 heterocycles. The number of rotatable bonds is 4. The fourth-order valence-corrected chi connectivity index (χ4v) is 2.99. The molecule has 3 N–H and O–H groups in total. The fourth-order valence-electron chi connectivity index (χ4n) is 1.19. The summed E-state index contributed by atoms with van der Waals surface area (Å²) in [4.78, 5) is 0.0865. The van der Waals surface area contributed by atoms with Crippen LogP contribution in [0.15, 0.2) is 23.1 Å². The first kappa shape index (κ1) is 14.4. The van der Waals surface area contributed by atoms with Gasteiger partial charge in [-0.1, -0.05) is 23.7 Å². The molecule has 6 heteroatoms. The molecule has 0 saturated carbocycles. The van der Waals surface area contributed by atoms with Crippen LogP contribution in [0.4, 0.5) is 0 Å². The number of benzene rings is 1. The second-order valence-corrected chi connectivity index (χ2v) is 6.81. The fraction of sp³-hybridized carbons (Fsp3) is 0.455. The third-order valence-electron chi connectivity index (χ3n) is 2.16. The molecule has 0 unspecified atom stereocenters. The van der Waals surface area contributed by atoms with E-state index in [1.807, 2.05) is 0 Å². The number of nitrogens with two attached hydrogens (primary N) is 1. The van der Waals surface area contributed by atoms with Crippen LogP contribution in [0.25, 0.3) is 0 Å². The van der Waals surface area contributed by atoms with Gasteiger partial charge in [0.2, 0.25) is 10.0 Å². The zero-order chi connectivity index (χ0) is 13.3. The number of nitrogens with one attached hydrogen (secondary N) is 1. The molecule has 1 aromatic carbocycles. The summed E-state index contributed by atoms with van der Waals surface area (Å²) in [5.41, 5.74) is 5.84. The van der Waals surface area contributed by atoms with E-state index in [4.69, 9.17) is 17.3 Å². The van der Waals surface area contributed by atoms with Crippen LogP contribution in [0.1, 0.15) is 19.4 Å². The highest BCUT2D eigenvalue weighted by Crippen LogP contribution is 2.24. The van der Waals surface area contributed by atoms with E-state index in [2.05, 4.69) is 4.72 Å². The van der Waals surface area contributed by atoms with E-state index in [1.165, 1.54) is 6.07 Å². The van der Waals surface area contributed by atoms with Gasteiger partial charge in [0.25, 0.3) is 0 Å². The lowest BCUT2D eigenvalue weighted by Gasteiger charge is -2.19. The average Bonchev–Trinajstić information content (AvgIpc) is 2.18. The number of sulfonamides is 1. The van der Waals surface area contributed by atoms with Crippen LogP contribution in [0.3, 0.4) is 0 Å². The Morgan fingerprint density at radius 1 is 1.41 bits per heavy atom. The van der Waals surface area contributed by atoms with E-state index in [0.717, 1.165) is 5.56 Å². The Kier molecular flexibility index (Phi) is 4.19. The van der Waals surface area contributed by atoms with Gasteiger partial charge in [-0.05, 0) is 32.4 Å². The number of halogens is 1. The monoisotopic (exact) mass is 276 g/mol. The molecule has 0 radical (unpaired) electrons. The largest absolute Gasteiger partial charge is 0.324 e. The van der Waals surface area contributed by atoms with Gasteiger partial charge in [0.1, 0.15) is 4.90 Å². The molecule has 0 aliphatic heterocycles. The van der Waals surface area contributed by atoms with Crippen LogP contribution in [0, 0.1) is 6.92 Å². The Labute approximate surface area is 107 Å². The van der Waals surface area contributed by atoms with Gasteiger partial charge in [-0.25, -0.2) is 13.1 Å². The maximum atomic E-state index is 12.0. The minimum absolute atomic E-state index is 0.0865. The van der Waals surface area contributed by atoms with Crippen molar-refractivity contribution in [2.24, 2.45) is 5.73 Å². The number of aryl methyl sites for hydroxylation is 1. The van der Waals surface area contributed by atoms with E-state index in [9.17, 15) is 8.42 Å². The predicted molar refractivity (Wildman–Crippen MR) is 69.6 cm³/mol. The lowest BCUT2D eigenvalue weighted by Crippen LogP contribution is -2.45. The summed E-state index contributed by atoms with van der Waals surface area (Å²) in [6.45, 7) is 5.40. The van der Waals surface area contributed by atoms with Gasteiger partial charge < -0.3 is 5.73 Å². The predicted octanol–water partition coefficient (Wildman–Crippen LogP) is 1.66. The van der Waals surface area contributed by atoms with E-state index in [0.29, 0.717) is 0 Å². The third-order valence-corrected chi connectivity index (χ3v) is 4.22. The summed E-state index contributed by atoms with van der Waals surface area (Å²) in [5.74, 6) is 0. The Morgan fingerprint density at radius 2 is 2.00 bits per heavy atom. The molecule has 96 valence electrons. The van der Waals surface area contributed by atoms with Crippen LogP contribution in [0.5, 0.6) is 0 Å². The molecule has 1 aromatic rings. The maximum absolute atomic E-state index is 12.0. The smallest absolute Gasteiger partial charge is 0.242 e. The molecule has 0 aromatic heterocycles. The lowest BCUT2D eigenvalue weighted by atomic mass is 10.1. The average molecular weight is 277 g/mol. The summed E-state index contributed by atoms with van der Waals surface area (Å²) in [5, 5.41) is 0.245. The SMILES string of the molecule is Cc1cccc(S(=O)(=O)NCC(C)(C)N)c1Cl. The zero-order valence-electron chi connectivity index (χ0n) is 10.1. The van der Waals surface area contributed by atoms with E-state index in [1.54, 1.807) is 32.9 Å². The molecule has 0 amide bonds. The Balaban J connectivity index is 3.02. The van der Waals surface area contributed by atoms with Crippen LogP contribution < -0.4 is 10.5 Å². The standard InChI is InChI=1S/C11H17ClN2O2S/c1-8-5-4-6-9(10(8)12)17(15,16)14-7-11(2,3)13/h4-6,14H,7,13H2,1-3H3. The van der Waals surface area contributed by atoms with Gasteiger partial charge >= 0.3 is 0 Å². The van der Waals surface area contributed by atoms with Crippen molar-refractivity contribution in [2.75, 3.05) is 6.54 Å². The van der Waals surface area contributed by atoms with Crippen LogP contribution in [-0.2, 0) is 10.0 Å². The first-order valence-corrected chi connectivity index (χ1v) is 7.03. The van der Waals surface area contributed by atoms with E-state index in [-0.39, 0.29) is 16.5 Å². The van der Waals surface area contributed by atoms with Gasteiger partial charge in [0, 0.05) is 12.1 Å². The van der Waals surface area contributed by atoms with Crippen molar-refractivity contribution in [1.82, 2.24) is 4.72 Å². The summed E-state index contributed by atoms with van der Waals surface area (Å²) in [7, 11) is -3.61. The first-order chi connectivity index (χ1) is 7.63. The highest BCUT2D eigenvalue weighted by atomic mass is 35.5. The second kappa shape index (κ2) is 4.94. The number of hydrogen-bond acceptors (Lipinski definition) is 3. The van der Waals surface area contributed by atoms with Gasteiger partial charge in [-0.15, -0.1) is 0 Å². The van der Waals surface area contributed by atoms with Gasteiger partial charge in [0.15, 0.2) is 0 Å². The molecule has 17 heavy (non-hydrogen) atoms. The molecule has 0 aliphatic rings. The van der Waals surface area contributed by atoms with E-state index < -0.39 is 15.6 Å². The Morgan fingerprint density at radius 3 is 2.53 bits per heavy atom. The molecular weight excluding hydrogens is 260 g/mol. The quantitative estimate of drug-likeness (QED) is 0.879. The van der Waals surface area contributed by atoms with E-state index >= 15 is 0 Å². The zero-order valence-corrected chi connectivity index (χ0v) is 11.7. The number of hydrogen-bond donors (Lipinski definition) is 2. The topological polar surface area (TPSA) is 72.2 Å². The summed E-state index contributed by atoms with van der Waals surface area (Å²) < 4.78 is 26.4. The highest BCUT2D eigenvalue weighted by molar-refractivity contribution is 7.89. The van der Waals surface area contributed by atoms with Gasteiger partial charge in [-0.2, -0.15) is 0 Å². The second-order valence-electron chi connectivity index (χ2n) is 4.70. The van der Waals surface area contributed by atoms with Crippen LogP contribution in [0.2, 0.25) is 5.02 Å². The molecule has 1 rings (SSSR count). The maximum Gasteiger partial charge on any atom is 0.242 e. The lowest BCUT2D eigenvalue weighted by molar-refractivity contribution is 0.498. The molecule has 0 bridgehead atoms. The van der Waals surface area contributed by atoms with Crippen molar-refractivity contribution >= 4 is 21.6 Å². The minimum Gasteiger partial charge on any atom is -0.324 e. The third kappa shape index (κ3) is 3.96. The Bertz CT molecular complexity index is 507. The van der Waals surface area contributed by atoms with Crippen molar-refractivity contribution in [3.8, 4) is 0 Å². The van der Waals surface area contributed by atoms with Crippen molar-refractivity contribution < 1.29 is 8.42 Å². The van der Waals surface area contributed by atoms with Crippen molar-refractivity contribution in [3.05, 3.63) is 28.8 Å². The molecule has 4 nitrogen and oxygen atoms in total. The normalized spacial score (nSPS) is 12.8. The Hall–Kier alpha value is -0.620. The van der Waals surface area contributed by atoms with Gasteiger partial charge in [0.05, 0.1) is 5.02 Å². The van der Waals surface area contributed by atoms with Gasteiger partial charge in [-0.3, -0.25) is 0 Å². The van der Waals surface area contributed by atoms with Crippen LogP contribution >= 0.6 is 11.6 Å². The molecule has 0 saturated heterocycles. The summed E-state index contributed by atoms with van der Waals surface area (Å²) >= 11 is 5.98. The first-order valence-electron chi connectivity index (χ1n) is 5.17. The van der Waals surface area contributed by atoms with Crippen molar-refractivity contribution in [1.29, 1.82) is 0 Å².